The lowest BCUT2D eigenvalue weighted by atomic mass is 9.97. The molecule has 0 spiro atoms. The molecule has 8 heteroatoms. The minimum Gasteiger partial charge on any atom is -0.453 e. The molecule has 0 bridgehead atoms. The highest BCUT2D eigenvalue weighted by Gasteiger charge is 2.24. The monoisotopic (exact) mass is 326 g/mol. The van der Waals surface area contributed by atoms with Gasteiger partial charge >= 0.3 is 6.09 Å². The minimum absolute atomic E-state index is 0.0890. The van der Waals surface area contributed by atoms with Crippen LogP contribution in [0, 0.1) is 5.92 Å². The van der Waals surface area contributed by atoms with E-state index in [0.29, 0.717) is 30.4 Å². The highest BCUT2D eigenvalue weighted by molar-refractivity contribution is 7.08. The molecule has 1 aromatic heterocycles. The van der Waals surface area contributed by atoms with Crippen LogP contribution < -0.4 is 5.32 Å². The summed E-state index contributed by atoms with van der Waals surface area (Å²) in [7, 11) is 1.39. The summed E-state index contributed by atoms with van der Waals surface area (Å²) in [5.41, 5.74) is 0.783. The van der Waals surface area contributed by atoms with Crippen molar-refractivity contribution in [2.45, 2.75) is 32.6 Å². The molecule has 0 atom stereocenters. The lowest BCUT2D eigenvalue weighted by Crippen LogP contribution is -2.41. The molecule has 0 unspecified atom stereocenters. The Labute approximate surface area is 134 Å². The van der Waals surface area contributed by atoms with Crippen molar-refractivity contribution in [2.75, 3.05) is 26.7 Å². The highest BCUT2D eigenvalue weighted by Crippen LogP contribution is 2.18. The molecule has 1 N–H and O–H groups in total. The molecule has 2 heterocycles. The second-order valence-electron chi connectivity index (χ2n) is 5.41. The number of likely N-dealkylation sites (tertiary alicyclic amines) is 1. The van der Waals surface area contributed by atoms with Gasteiger partial charge in [0.1, 0.15) is 4.88 Å². The van der Waals surface area contributed by atoms with E-state index < -0.39 is 0 Å². The number of nitrogens with zero attached hydrogens (tertiary/aromatic N) is 3. The van der Waals surface area contributed by atoms with Crippen LogP contribution in [0.3, 0.4) is 0 Å². The summed E-state index contributed by atoms with van der Waals surface area (Å²) < 4.78 is 8.58. The van der Waals surface area contributed by atoms with Crippen LogP contribution in [0.2, 0.25) is 0 Å². The van der Waals surface area contributed by atoms with Crippen molar-refractivity contribution < 1.29 is 14.3 Å². The molecular formula is C14H22N4O3S. The third-order valence-corrected chi connectivity index (χ3v) is 4.61. The first-order chi connectivity index (χ1) is 10.7. The van der Waals surface area contributed by atoms with Crippen LogP contribution in [-0.2, 0) is 11.2 Å². The van der Waals surface area contributed by atoms with Crippen molar-refractivity contribution in [1.82, 2.24) is 19.8 Å². The van der Waals surface area contributed by atoms with Crippen molar-refractivity contribution in [1.29, 1.82) is 0 Å². The number of rotatable bonds is 5. The smallest absolute Gasteiger partial charge is 0.409 e. The van der Waals surface area contributed by atoms with Crippen molar-refractivity contribution in [2.24, 2.45) is 5.92 Å². The average Bonchev–Trinajstić information content (AvgIpc) is 3.01. The Morgan fingerprint density at radius 1 is 1.41 bits per heavy atom. The standard InChI is InChI=1S/C14H22N4O3S/c1-3-4-11-12(22-17-16-11)13(19)15-9-10-5-7-18(8-6-10)14(20)21-2/h10H,3-9H2,1-2H3,(H,15,19). The molecule has 0 aromatic carbocycles. The molecule has 7 nitrogen and oxygen atoms in total. The second-order valence-corrected chi connectivity index (χ2v) is 6.16. The first kappa shape index (κ1) is 16.7. The van der Waals surface area contributed by atoms with Gasteiger partial charge in [0.15, 0.2) is 0 Å². The summed E-state index contributed by atoms with van der Waals surface area (Å²) >= 11 is 1.15. The molecule has 1 aromatic rings. The number of hydrogen-bond donors (Lipinski definition) is 1. The molecule has 2 rings (SSSR count). The number of amides is 2. The first-order valence-corrected chi connectivity index (χ1v) is 8.35. The summed E-state index contributed by atoms with van der Waals surface area (Å²) in [5, 5.41) is 6.98. The van der Waals surface area contributed by atoms with Crippen LogP contribution in [-0.4, -0.2) is 53.2 Å². The van der Waals surface area contributed by atoms with E-state index in [9.17, 15) is 9.59 Å². The lowest BCUT2D eigenvalue weighted by molar-refractivity contribution is 0.0916. The number of methoxy groups -OCH3 is 1. The quantitative estimate of drug-likeness (QED) is 0.890. The molecule has 1 aliphatic rings. The molecule has 1 aliphatic heterocycles. The van der Waals surface area contributed by atoms with Gasteiger partial charge in [0.25, 0.3) is 5.91 Å². The molecule has 1 saturated heterocycles. The van der Waals surface area contributed by atoms with E-state index in [0.717, 1.165) is 42.9 Å². The first-order valence-electron chi connectivity index (χ1n) is 7.58. The van der Waals surface area contributed by atoms with Gasteiger partial charge < -0.3 is 15.0 Å². The Morgan fingerprint density at radius 2 is 2.14 bits per heavy atom. The normalized spacial score (nSPS) is 15.6. The largest absolute Gasteiger partial charge is 0.453 e. The topological polar surface area (TPSA) is 84.4 Å². The van der Waals surface area contributed by atoms with Gasteiger partial charge in [-0.1, -0.05) is 17.8 Å². The molecule has 22 heavy (non-hydrogen) atoms. The van der Waals surface area contributed by atoms with Gasteiger partial charge in [0.05, 0.1) is 12.8 Å². The van der Waals surface area contributed by atoms with Crippen molar-refractivity contribution in [3.63, 3.8) is 0 Å². The minimum atomic E-state index is -0.276. The van der Waals surface area contributed by atoms with Crippen molar-refractivity contribution in [3.8, 4) is 0 Å². The van der Waals surface area contributed by atoms with Gasteiger partial charge in [-0.25, -0.2) is 4.79 Å². The van der Waals surface area contributed by atoms with E-state index in [1.54, 1.807) is 4.90 Å². The lowest BCUT2D eigenvalue weighted by Gasteiger charge is -2.30. The number of hydrogen-bond acceptors (Lipinski definition) is 6. The number of piperidine rings is 1. The van der Waals surface area contributed by atoms with E-state index in [1.165, 1.54) is 7.11 Å². The molecule has 0 radical (unpaired) electrons. The third-order valence-electron chi connectivity index (χ3n) is 3.85. The zero-order chi connectivity index (χ0) is 15.9. The van der Waals surface area contributed by atoms with Gasteiger partial charge in [-0.15, -0.1) is 5.10 Å². The van der Waals surface area contributed by atoms with Gasteiger partial charge in [-0.3, -0.25) is 4.79 Å². The Hall–Kier alpha value is -1.70. The van der Waals surface area contributed by atoms with E-state index in [2.05, 4.69) is 21.8 Å². The van der Waals surface area contributed by atoms with Crippen LogP contribution in [0.15, 0.2) is 0 Å². The fourth-order valence-electron chi connectivity index (χ4n) is 2.55. The fraction of sp³-hybridized carbons (Fsp3) is 0.714. The van der Waals surface area contributed by atoms with Crippen molar-refractivity contribution in [3.05, 3.63) is 10.6 Å². The predicted molar refractivity (Wildman–Crippen MR) is 82.9 cm³/mol. The van der Waals surface area contributed by atoms with E-state index in [4.69, 9.17) is 4.74 Å². The van der Waals surface area contributed by atoms with Gasteiger partial charge in [0, 0.05) is 19.6 Å². The fourth-order valence-corrected chi connectivity index (χ4v) is 3.17. The number of carbonyl (C=O) groups excluding carboxylic acids is 2. The molecule has 1 fully saturated rings. The number of aromatic nitrogens is 2. The maximum absolute atomic E-state index is 12.2. The van der Waals surface area contributed by atoms with Crippen LogP contribution in [0.25, 0.3) is 0 Å². The van der Waals surface area contributed by atoms with Crippen LogP contribution >= 0.6 is 11.5 Å². The van der Waals surface area contributed by atoms with E-state index >= 15 is 0 Å². The highest BCUT2D eigenvalue weighted by atomic mass is 32.1. The zero-order valence-electron chi connectivity index (χ0n) is 13.0. The maximum atomic E-state index is 12.2. The van der Waals surface area contributed by atoms with Crippen LogP contribution in [0.5, 0.6) is 0 Å². The van der Waals surface area contributed by atoms with Gasteiger partial charge in [-0.05, 0) is 36.7 Å². The summed E-state index contributed by atoms with van der Waals surface area (Å²) in [4.78, 5) is 25.9. The Bertz CT molecular complexity index is 512. The van der Waals surface area contributed by atoms with Crippen LogP contribution in [0.1, 0.15) is 41.6 Å². The second kappa shape index (κ2) is 8.07. The predicted octanol–water partition coefficient (Wildman–Crippen LogP) is 1.70. The Morgan fingerprint density at radius 3 is 2.77 bits per heavy atom. The Balaban J connectivity index is 1.78. The SMILES string of the molecule is CCCc1nnsc1C(=O)NCC1CCN(C(=O)OC)CC1. The summed E-state index contributed by atoms with van der Waals surface area (Å²) in [6.45, 7) is 4.03. The van der Waals surface area contributed by atoms with E-state index in [1.807, 2.05) is 0 Å². The summed E-state index contributed by atoms with van der Waals surface area (Å²) in [6.07, 6.45) is 3.19. The number of nitrogens with one attached hydrogen (secondary N) is 1. The van der Waals surface area contributed by atoms with Crippen molar-refractivity contribution >= 4 is 23.5 Å². The Kier molecular flexibility index (Phi) is 6.11. The van der Waals surface area contributed by atoms with Crippen LogP contribution in [0.4, 0.5) is 4.79 Å². The third kappa shape index (κ3) is 4.16. The number of aryl methyl sites for hydroxylation is 1. The van der Waals surface area contributed by atoms with Gasteiger partial charge in [-0.2, -0.15) is 0 Å². The molecular weight excluding hydrogens is 304 g/mol. The maximum Gasteiger partial charge on any atom is 0.409 e. The number of carbonyl (C=O) groups is 2. The zero-order valence-corrected chi connectivity index (χ0v) is 13.8. The summed E-state index contributed by atoms with van der Waals surface area (Å²) in [6, 6.07) is 0. The molecule has 0 saturated carbocycles. The summed E-state index contributed by atoms with van der Waals surface area (Å²) in [5.74, 6) is 0.300. The number of ether oxygens (including phenoxy) is 1. The van der Waals surface area contributed by atoms with E-state index in [-0.39, 0.29) is 12.0 Å². The average molecular weight is 326 g/mol. The molecule has 0 aliphatic carbocycles. The van der Waals surface area contributed by atoms with Gasteiger partial charge in [0.2, 0.25) is 0 Å². The molecule has 122 valence electrons. The molecule has 2 amide bonds.